The molecule has 0 amide bonds. The van der Waals surface area contributed by atoms with E-state index < -0.39 is 0 Å². The van der Waals surface area contributed by atoms with Crippen LogP contribution in [-0.4, -0.2) is 0 Å². The quantitative estimate of drug-likeness (QED) is 0.461. The van der Waals surface area contributed by atoms with E-state index in [-0.39, 0.29) is 0 Å². The molecule has 0 heterocycles. The van der Waals surface area contributed by atoms with Crippen molar-refractivity contribution >= 4 is 0 Å². The minimum atomic E-state index is 1.18. The summed E-state index contributed by atoms with van der Waals surface area (Å²) in [5.41, 5.74) is 1.37. The van der Waals surface area contributed by atoms with Crippen LogP contribution in [0.5, 0.6) is 0 Å². The summed E-state index contributed by atoms with van der Waals surface area (Å²) < 4.78 is 0. The largest absolute Gasteiger partial charge is 0.0842 e. The molecule has 48 valence electrons. The zero-order valence-corrected chi connectivity index (χ0v) is 5.80. The summed E-state index contributed by atoms with van der Waals surface area (Å²) in [4.78, 5) is 0. The Morgan fingerprint density at radius 2 is 2.11 bits per heavy atom. The van der Waals surface area contributed by atoms with Crippen molar-refractivity contribution in [2.24, 2.45) is 0 Å². The molecule has 0 aromatic carbocycles. The first-order valence-electron chi connectivity index (χ1n) is 3.39. The maximum Gasteiger partial charge on any atom is -0.0310 e. The van der Waals surface area contributed by atoms with Gasteiger partial charge in [-0.25, -0.2) is 0 Å². The average Bonchev–Trinajstić information content (AvgIpc) is 1.79. The third-order valence-corrected chi connectivity index (χ3v) is 1.41. The van der Waals surface area contributed by atoms with Gasteiger partial charge in [-0.1, -0.05) is 36.0 Å². The summed E-state index contributed by atoms with van der Waals surface area (Å²) in [7, 11) is 0. The Morgan fingerprint density at radius 1 is 1.22 bits per heavy atom. The highest BCUT2D eigenvalue weighted by atomic mass is 13.9. The molecule has 0 spiro atoms. The molecule has 0 aliphatic heterocycles. The van der Waals surface area contributed by atoms with Crippen molar-refractivity contribution in [3.63, 3.8) is 0 Å². The highest BCUT2D eigenvalue weighted by Crippen LogP contribution is 2.03. The molecule has 0 fully saturated rings. The summed E-state index contributed by atoms with van der Waals surface area (Å²) in [6, 6.07) is 0. The lowest BCUT2D eigenvalue weighted by Gasteiger charge is -1.93. The first kappa shape index (κ1) is 6.34. The van der Waals surface area contributed by atoms with Gasteiger partial charge in [0.1, 0.15) is 0 Å². The van der Waals surface area contributed by atoms with E-state index in [1.165, 1.54) is 18.4 Å². The van der Waals surface area contributed by atoms with E-state index in [4.69, 9.17) is 0 Å². The molecule has 0 aromatic rings. The molecule has 0 bridgehead atoms. The van der Waals surface area contributed by atoms with Gasteiger partial charge in [-0.05, 0) is 19.8 Å². The number of hydrogen-bond acceptors (Lipinski definition) is 0. The highest BCUT2D eigenvalue weighted by Gasteiger charge is 1.83. The van der Waals surface area contributed by atoms with Gasteiger partial charge < -0.3 is 0 Å². The van der Waals surface area contributed by atoms with Crippen molar-refractivity contribution in [3.8, 4) is 0 Å². The lowest BCUT2D eigenvalue weighted by atomic mass is 10.1. The SMILES string of the molecule is CC1=CCC/C=C/C=C1. The summed E-state index contributed by atoms with van der Waals surface area (Å²) in [6.07, 6.45) is 13.2. The molecule has 1 aliphatic carbocycles. The van der Waals surface area contributed by atoms with Crippen LogP contribution in [0.15, 0.2) is 36.0 Å². The van der Waals surface area contributed by atoms with Crippen LogP contribution in [0.1, 0.15) is 19.8 Å². The molecule has 0 radical (unpaired) electrons. The van der Waals surface area contributed by atoms with Gasteiger partial charge in [-0.15, -0.1) is 0 Å². The Morgan fingerprint density at radius 3 is 3.00 bits per heavy atom. The minimum absolute atomic E-state index is 1.18. The second-order valence-corrected chi connectivity index (χ2v) is 2.31. The Hall–Kier alpha value is -0.780. The molecule has 0 saturated carbocycles. The number of rotatable bonds is 0. The Bertz CT molecular complexity index is 159. The predicted molar refractivity (Wildman–Crippen MR) is 41.3 cm³/mol. The van der Waals surface area contributed by atoms with E-state index in [2.05, 4.69) is 37.3 Å². The lowest BCUT2D eigenvalue weighted by molar-refractivity contribution is 1.04. The first-order chi connectivity index (χ1) is 4.39. The van der Waals surface area contributed by atoms with Gasteiger partial charge >= 0.3 is 0 Å². The molecule has 1 rings (SSSR count). The van der Waals surface area contributed by atoms with E-state index in [1.54, 1.807) is 0 Å². The maximum absolute atomic E-state index is 2.26. The number of hydrogen-bond donors (Lipinski definition) is 0. The average molecular weight is 120 g/mol. The van der Waals surface area contributed by atoms with Crippen LogP contribution in [0.4, 0.5) is 0 Å². The molecule has 1 aliphatic rings. The molecule has 0 atom stereocenters. The summed E-state index contributed by atoms with van der Waals surface area (Å²) in [6.45, 7) is 2.13. The van der Waals surface area contributed by atoms with Crippen molar-refractivity contribution in [1.29, 1.82) is 0 Å². The fraction of sp³-hybridized carbons (Fsp3) is 0.333. The van der Waals surface area contributed by atoms with E-state index >= 15 is 0 Å². The van der Waals surface area contributed by atoms with Crippen molar-refractivity contribution in [1.82, 2.24) is 0 Å². The van der Waals surface area contributed by atoms with E-state index in [1.807, 2.05) is 0 Å². The third kappa shape index (κ3) is 2.31. The van der Waals surface area contributed by atoms with Crippen molar-refractivity contribution in [2.75, 3.05) is 0 Å². The summed E-state index contributed by atoms with van der Waals surface area (Å²) in [5, 5.41) is 0. The molecular weight excluding hydrogens is 108 g/mol. The van der Waals surface area contributed by atoms with Gasteiger partial charge in [-0.3, -0.25) is 0 Å². The van der Waals surface area contributed by atoms with Crippen molar-refractivity contribution in [2.45, 2.75) is 19.8 Å². The van der Waals surface area contributed by atoms with Crippen LogP contribution in [0.25, 0.3) is 0 Å². The maximum atomic E-state index is 2.26. The molecule has 0 nitrogen and oxygen atoms in total. The van der Waals surface area contributed by atoms with Crippen LogP contribution < -0.4 is 0 Å². The molecule has 0 saturated heterocycles. The fourth-order valence-electron chi connectivity index (χ4n) is 0.857. The Labute approximate surface area is 56.6 Å². The smallest absolute Gasteiger partial charge is 0.0310 e. The van der Waals surface area contributed by atoms with Crippen LogP contribution in [-0.2, 0) is 0 Å². The van der Waals surface area contributed by atoms with Gasteiger partial charge in [-0.2, -0.15) is 0 Å². The normalized spacial score (nSPS) is 22.1. The fourth-order valence-corrected chi connectivity index (χ4v) is 0.857. The minimum Gasteiger partial charge on any atom is -0.0842 e. The molecule has 0 aromatic heterocycles. The van der Waals surface area contributed by atoms with E-state index in [9.17, 15) is 0 Å². The lowest BCUT2D eigenvalue weighted by Crippen LogP contribution is -1.73. The van der Waals surface area contributed by atoms with E-state index in [0.29, 0.717) is 0 Å². The van der Waals surface area contributed by atoms with Gasteiger partial charge in [0, 0.05) is 0 Å². The second-order valence-electron chi connectivity index (χ2n) is 2.31. The van der Waals surface area contributed by atoms with Gasteiger partial charge in [0.05, 0.1) is 0 Å². The zero-order valence-electron chi connectivity index (χ0n) is 5.80. The van der Waals surface area contributed by atoms with Gasteiger partial charge in [0.2, 0.25) is 0 Å². The van der Waals surface area contributed by atoms with Crippen molar-refractivity contribution < 1.29 is 0 Å². The molecule has 0 unspecified atom stereocenters. The Kier molecular flexibility index (Phi) is 2.32. The topological polar surface area (TPSA) is 0 Å². The third-order valence-electron chi connectivity index (χ3n) is 1.41. The summed E-state index contributed by atoms with van der Waals surface area (Å²) in [5.74, 6) is 0. The highest BCUT2D eigenvalue weighted by molar-refractivity contribution is 5.21. The van der Waals surface area contributed by atoms with Crippen LogP contribution in [0, 0.1) is 0 Å². The monoisotopic (exact) mass is 120 g/mol. The molecule has 9 heavy (non-hydrogen) atoms. The van der Waals surface area contributed by atoms with Crippen LogP contribution >= 0.6 is 0 Å². The molecule has 0 N–H and O–H groups in total. The first-order valence-corrected chi connectivity index (χ1v) is 3.39. The van der Waals surface area contributed by atoms with Gasteiger partial charge in [0.15, 0.2) is 0 Å². The summed E-state index contributed by atoms with van der Waals surface area (Å²) >= 11 is 0. The zero-order chi connectivity index (χ0) is 6.53. The predicted octanol–water partition coefficient (Wildman–Crippen LogP) is 2.84. The standard InChI is InChI=1S/C9H12/c1-9-7-5-3-2-4-6-8-9/h2-3,5,7-8H,4,6H2,1H3/b3-2+,7-5?,9-8?. The van der Waals surface area contributed by atoms with Crippen LogP contribution in [0.2, 0.25) is 0 Å². The van der Waals surface area contributed by atoms with Crippen molar-refractivity contribution in [3.05, 3.63) is 36.0 Å². The van der Waals surface area contributed by atoms with Gasteiger partial charge in [0.25, 0.3) is 0 Å². The molecular formula is C9H12. The van der Waals surface area contributed by atoms with E-state index in [0.717, 1.165) is 0 Å². The molecule has 0 heteroatoms. The van der Waals surface area contributed by atoms with Crippen LogP contribution in [0.3, 0.4) is 0 Å². The Balaban J connectivity index is 2.64. The number of allylic oxidation sites excluding steroid dienone is 6. The second kappa shape index (κ2) is 3.29.